The maximum atomic E-state index is 14.4. The lowest BCUT2D eigenvalue weighted by molar-refractivity contribution is -0.290. The molecule has 30 heavy (non-hydrogen) atoms. The first-order chi connectivity index (χ1) is 14.1. The molecule has 1 aliphatic rings. The van der Waals surface area contributed by atoms with Crippen LogP contribution in [0.4, 0.5) is 30.7 Å². The van der Waals surface area contributed by atoms with Crippen molar-refractivity contribution in [3.05, 3.63) is 70.0 Å². The zero-order chi connectivity index (χ0) is 22.1. The number of hydrogen-bond donors (Lipinski definition) is 0. The zero-order valence-corrected chi connectivity index (χ0v) is 16.0. The minimum absolute atomic E-state index is 0.00110. The summed E-state index contributed by atoms with van der Waals surface area (Å²) in [6.45, 7) is 1.37. The van der Waals surface area contributed by atoms with Crippen LogP contribution in [0.2, 0.25) is 0 Å². The Balaban J connectivity index is 1.67. The number of aryl methyl sites for hydroxylation is 1. The largest absolute Gasteiger partial charge is 0.386 e. The van der Waals surface area contributed by atoms with Crippen molar-refractivity contribution < 1.29 is 40.2 Å². The van der Waals surface area contributed by atoms with E-state index >= 15 is 0 Å². The summed E-state index contributed by atoms with van der Waals surface area (Å²) in [5, 5.41) is 0. The monoisotopic (exact) mass is 436 g/mol. The van der Waals surface area contributed by atoms with Gasteiger partial charge in [0.25, 0.3) is 0 Å². The number of halogens is 7. The van der Waals surface area contributed by atoms with Crippen LogP contribution in [0.25, 0.3) is 0 Å². The lowest BCUT2D eigenvalue weighted by Gasteiger charge is -2.32. The Hall–Kier alpha value is -2.13. The Morgan fingerprint density at radius 2 is 1.63 bits per heavy atom. The molecule has 0 spiro atoms. The van der Waals surface area contributed by atoms with E-state index in [-0.39, 0.29) is 37.0 Å². The van der Waals surface area contributed by atoms with E-state index in [0.29, 0.717) is 6.42 Å². The van der Waals surface area contributed by atoms with Crippen molar-refractivity contribution >= 4 is 0 Å². The molecule has 0 aliphatic carbocycles. The summed E-state index contributed by atoms with van der Waals surface area (Å²) >= 11 is 0. The molecule has 1 fully saturated rings. The normalized spacial score (nSPS) is 19.9. The third kappa shape index (κ3) is 4.62. The number of benzene rings is 2. The molecule has 1 saturated heterocycles. The van der Waals surface area contributed by atoms with E-state index in [9.17, 15) is 30.7 Å². The summed E-state index contributed by atoms with van der Waals surface area (Å²) in [6, 6.07) is 3.43. The van der Waals surface area contributed by atoms with Gasteiger partial charge < -0.3 is 9.47 Å². The van der Waals surface area contributed by atoms with Gasteiger partial charge in [0.05, 0.1) is 24.4 Å². The highest BCUT2D eigenvalue weighted by Crippen LogP contribution is 2.38. The lowest BCUT2D eigenvalue weighted by Crippen LogP contribution is -2.34. The van der Waals surface area contributed by atoms with Crippen LogP contribution >= 0.6 is 0 Å². The third-order valence-electron chi connectivity index (χ3n) is 4.92. The molecule has 0 amide bonds. The van der Waals surface area contributed by atoms with Gasteiger partial charge in [0.2, 0.25) is 0 Å². The van der Waals surface area contributed by atoms with Gasteiger partial charge in [-0.3, -0.25) is 0 Å². The van der Waals surface area contributed by atoms with E-state index < -0.39 is 53.0 Å². The Kier molecular flexibility index (Phi) is 6.71. The maximum absolute atomic E-state index is 14.4. The molecular formula is C21H19F7O2. The van der Waals surface area contributed by atoms with Gasteiger partial charge in [-0.1, -0.05) is 19.4 Å². The van der Waals surface area contributed by atoms with Gasteiger partial charge >= 0.3 is 6.11 Å². The number of alkyl halides is 2. The number of hydrogen-bond acceptors (Lipinski definition) is 2. The lowest BCUT2D eigenvalue weighted by atomic mass is 9.99. The summed E-state index contributed by atoms with van der Waals surface area (Å²) in [6.07, 6.45) is -5.33. The molecule has 2 aromatic carbocycles. The van der Waals surface area contributed by atoms with Crippen LogP contribution in [0.1, 0.15) is 49.0 Å². The van der Waals surface area contributed by atoms with E-state index in [4.69, 9.17) is 4.74 Å². The molecule has 0 N–H and O–H groups in total. The number of rotatable bonds is 6. The highest BCUT2D eigenvalue weighted by molar-refractivity contribution is 5.28. The fraction of sp³-hybridized carbons (Fsp3) is 0.429. The summed E-state index contributed by atoms with van der Waals surface area (Å²) < 4.78 is 107. The van der Waals surface area contributed by atoms with Crippen LogP contribution < -0.4 is 0 Å². The van der Waals surface area contributed by atoms with Crippen molar-refractivity contribution in [3.63, 3.8) is 0 Å². The van der Waals surface area contributed by atoms with Crippen LogP contribution in [0.3, 0.4) is 0 Å². The minimum Gasteiger partial charge on any atom is -0.371 e. The van der Waals surface area contributed by atoms with Crippen LogP contribution in [-0.4, -0.2) is 12.7 Å². The van der Waals surface area contributed by atoms with Crippen molar-refractivity contribution in [2.75, 3.05) is 6.61 Å². The van der Waals surface area contributed by atoms with E-state index in [1.54, 1.807) is 6.92 Å². The fourth-order valence-electron chi connectivity index (χ4n) is 3.39. The molecule has 0 aromatic heterocycles. The molecule has 2 atom stereocenters. The van der Waals surface area contributed by atoms with Crippen molar-refractivity contribution in [1.82, 2.24) is 0 Å². The molecule has 2 aromatic rings. The molecular weight excluding hydrogens is 417 g/mol. The summed E-state index contributed by atoms with van der Waals surface area (Å²) in [4.78, 5) is 0. The first-order valence-corrected chi connectivity index (χ1v) is 9.43. The molecule has 0 saturated carbocycles. The Morgan fingerprint density at radius 1 is 0.967 bits per heavy atom. The molecule has 1 aliphatic heterocycles. The molecule has 0 radical (unpaired) electrons. The second-order valence-electron chi connectivity index (χ2n) is 7.10. The highest BCUT2D eigenvalue weighted by atomic mass is 19.3. The van der Waals surface area contributed by atoms with Crippen LogP contribution in [-0.2, 0) is 22.0 Å². The fourth-order valence-corrected chi connectivity index (χ4v) is 3.39. The Labute approximate surface area is 168 Å². The predicted octanol–water partition coefficient (Wildman–Crippen LogP) is 6.32. The Bertz CT molecular complexity index is 885. The molecule has 2 nitrogen and oxygen atoms in total. The smallest absolute Gasteiger partial charge is 0.371 e. The molecule has 2 unspecified atom stereocenters. The molecule has 164 valence electrons. The standard InChI is InChI=1S/C21H19F7O2/c1-2-3-11-4-6-14(19(25)18(11)24)21(27,28)30-13-5-7-17(29-10-13)12-8-15(22)20(26)16(23)9-12/h4,6,8-9,13,17H,2-3,5,7,10H2,1H3. The molecule has 1 heterocycles. The SMILES string of the molecule is CCCc1ccc(C(F)(F)OC2CCC(c3cc(F)c(F)c(F)c3)OC2)c(F)c1F. The van der Waals surface area contributed by atoms with E-state index in [1.165, 1.54) is 0 Å². The average molecular weight is 436 g/mol. The molecule has 0 bridgehead atoms. The second kappa shape index (κ2) is 8.93. The predicted molar refractivity (Wildman–Crippen MR) is 93.4 cm³/mol. The van der Waals surface area contributed by atoms with E-state index in [0.717, 1.165) is 24.3 Å². The van der Waals surface area contributed by atoms with Crippen LogP contribution in [0, 0.1) is 29.1 Å². The van der Waals surface area contributed by atoms with Gasteiger partial charge in [-0.05, 0) is 48.6 Å². The Morgan fingerprint density at radius 3 is 2.20 bits per heavy atom. The van der Waals surface area contributed by atoms with Gasteiger partial charge in [0, 0.05) is 0 Å². The summed E-state index contributed by atoms with van der Waals surface area (Å²) in [7, 11) is 0. The highest BCUT2D eigenvalue weighted by Gasteiger charge is 2.41. The minimum atomic E-state index is -4.11. The average Bonchev–Trinajstić information content (AvgIpc) is 2.69. The van der Waals surface area contributed by atoms with E-state index in [1.807, 2.05) is 0 Å². The second-order valence-corrected chi connectivity index (χ2v) is 7.10. The van der Waals surface area contributed by atoms with E-state index in [2.05, 4.69) is 4.74 Å². The topological polar surface area (TPSA) is 18.5 Å². The first kappa shape index (κ1) is 22.6. The van der Waals surface area contributed by atoms with Gasteiger partial charge in [0.1, 0.15) is 0 Å². The molecule has 9 heteroatoms. The van der Waals surface area contributed by atoms with Gasteiger partial charge in [-0.15, -0.1) is 0 Å². The zero-order valence-electron chi connectivity index (χ0n) is 16.0. The van der Waals surface area contributed by atoms with Crippen molar-refractivity contribution in [2.45, 2.75) is 50.9 Å². The third-order valence-corrected chi connectivity index (χ3v) is 4.92. The van der Waals surface area contributed by atoms with Crippen molar-refractivity contribution in [1.29, 1.82) is 0 Å². The van der Waals surface area contributed by atoms with Crippen LogP contribution in [0.5, 0.6) is 0 Å². The van der Waals surface area contributed by atoms with Gasteiger partial charge in [-0.2, -0.15) is 8.78 Å². The quantitative estimate of drug-likeness (QED) is 0.390. The van der Waals surface area contributed by atoms with Gasteiger partial charge in [-0.25, -0.2) is 22.0 Å². The summed E-state index contributed by atoms with van der Waals surface area (Å²) in [5.74, 6) is -7.39. The van der Waals surface area contributed by atoms with Gasteiger partial charge in [0.15, 0.2) is 29.1 Å². The van der Waals surface area contributed by atoms with Crippen molar-refractivity contribution in [2.24, 2.45) is 0 Å². The number of ether oxygens (including phenoxy) is 2. The maximum Gasteiger partial charge on any atom is 0.386 e. The van der Waals surface area contributed by atoms with Crippen LogP contribution in [0.15, 0.2) is 24.3 Å². The summed E-state index contributed by atoms with van der Waals surface area (Å²) in [5.41, 5.74) is -1.20. The molecule has 3 rings (SSSR count). The van der Waals surface area contributed by atoms with Crippen molar-refractivity contribution in [3.8, 4) is 0 Å². The first-order valence-electron chi connectivity index (χ1n) is 9.43.